The number of carbonyl (C=O) groups is 1. The predicted octanol–water partition coefficient (Wildman–Crippen LogP) is 2.20. The minimum Gasteiger partial charge on any atom is -0.314 e. The second-order valence-electron chi connectivity index (χ2n) is 5.06. The van der Waals surface area contributed by atoms with Crippen LogP contribution in [0.15, 0.2) is 24.3 Å². The first-order chi connectivity index (χ1) is 12.6. The molecule has 9 nitrogen and oxygen atoms in total. The minimum atomic E-state index is -0.631. The number of H-pyrrole nitrogens is 1. The maximum atomic E-state index is 12.4. The molecule has 0 aliphatic carbocycles. The Kier molecular flexibility index (Phi) is 4.65. The van der Waals surface area contributed by atoms with E-state index >= 15 is 0 Å². The van der Waals surface area contributed by atoms with E-state index in [9.17, 15) is 4.79 Å². The number of anilines is 1. The van der Waals surface area contributed by atoms with E-state index in [0.29, 0.717) is 23.0 Å². The van der Waals surface area contributed by atoms with Crippen LogP contribution in [0.1, 0.15) is 34.8 Å². The normalized spacial score (nSPS) is 10.2. The largest absolute Gasteiger partial charge is 0.314 e. The molecule has 0 radical (unpaired) electrons. The van der Waals surface area contributed by atoms with Crippen molar-refractivity contribution in [1.82, 2.24) is 24.7 Å². The van der Waals surface area contributed by atoms with Gasteiger partial charge in [-0.1, -0.05) is 30.7 Å². The smallest absolute Gasteiger partial charge is 0.297 e. The lowest BCUT2D eigenvalue weighted by Crippen LogP contribution is -2.15. The molecule has 2 N–H and O–H groups in total. The van der Waals surface area contributed by atoms with Gasteiger partial charge in [-0.25, -0.2) is 14.6 Å². The van der Waals surface area contributed by atoms with Crippen LogP contribution in [0, 0.1) is 22.7 Å². The van der Waals surface area contributed by atoms with Crippen LogP contribution in [-0.2, 0) is 6.42 Å². The maximum Gasteiger partial charge on any atom is 0.297 e. The van der Waals surface area contributed by atoms with Gasteiger partial charge in [0.1, 0.15) is 18.0 Å². The summed E-state index contributed by atoms with van der Waals surface area (Å²) in [5, 5.41) is 24.9. The number of hydrogen-bond donors (Lipinski definition) is 2. The first-order valence-corrected chi connectivity index (χ1v) is 7.87. The molecule has 0 spiro atoms. The van der Waals surface area contributed by atoms with E-state index < -0.39 is 5.91 Å². The lowest BCUT2D eigenvalue weighted by Gasteiger charge is -2.05. The number of aryl methyl sites for hydroxylation is 1. The predicted molar refractivity (Wildman–Crippen MR) is 91.7 cm³/mol. The molecule has 2 aromatic heterocycles. The summed E-state index contributed by atoms with van der Waals surface area (Å²) >= 11 is 6.19. The highest BCUT2D eigenvalue weighted by Gasteiger charge is 2.19. The van der Waals surface area contributed by atoms with Crippen LogP contribution >= 0.6 is 11.6 Å². The highest BCUT2D eigenvalue weighted by molar-refractivity contribution is 6.32. The molecule has 0 saturated carbocycles. The van der Waals surface area contributed by atoms with Gasteiger partial charge >= 0.3 is 0 Å². The summed E-state index contributed by atoms with van der Waals surface area (Å²) in [5.74, 6) is -0.197. The van der Waals surface area contributed by atoms with E-state index in [1.807, 2.05) is 6.92 Å². The van der Waals surface area contributed by atoms with E-state index in [0.717, 1.165) is 0 Å². The lowest BCUT2D eigenvalue weighted by molar-refractivity contribution is 0.101. The average molecular weight is 367 g/mol. The molecule has 26 heavy (non-hydrogen) atoms. The molecule has 0 unspecified atom stereocenters. The second-order valence-corrected chi connectivity index (χ2v) is 5.46. The zero-order valence-corrected chi connectivity index (χ0v) is 14.2. The molecule has 0 bridgehead atoms. The molecule has 128 valence electrons. The van der Waals surface area contributed by atoms with Gasteiger partial charge in [0.25, 0.3) is 5.91 Å². The number of carbonyl (C=O) groups excluding carboxylic acids is 1. The van der Waals surface area contributed by atoms with Gasteiger partial charge in [-0.2, -0.15) is 10.5 Å². The number of halogens is 1. The molecule has 2 heterocycles. The van der Waals surface area contributed by atoms with E-state index in [1.54, 1.807) is 36.4 Å². The molecule has 3 aromatic rings. The molecule has 0 aliphatic rings. The molecular formula is C16H11ClN8O. The Bertz CT molecular complexity index is 1040. The van der Waals surface area contributed by atoms with E-state index in [2.05, 4.69) is 25.4 Å². The number of hydrogen-bond acceptors (Lipinski definition) is 6. The van der Waals surface area contributed by atoms with E-state index in [1.165, 1.54) is 4.68 Å². The second kappa shape index (κ2) is 7.05. The van der Waals surface area contributed by atoms with E-state index in [-0.39, 0.29) is 23.2 Å². The highest BCUT2D eigenvalue weighted by Crippen LogP contribution is 2.21. The van der Waals surface area contributed by atoms with Crippen molar-refractivity contribution >= 4 is 23.5 Å². The fraction of sp³-hybridized carbons (Fsp3) is 0.125. The van der Waals surface area contributed by atoms with Crippen molar-refractivity contribution in [3.8, 4) is 17.8 Å². The third-order valence-corrected chi connectivity index (χ3v) is 3.75. The van der Waals surface area contributed by atoms with Crippen molar-refractivity contribution in [2.24, 2.45) is 0 Å². The lowest BCUT2D eigenvalue weighted by atomic mass is 10.3. The molecule has 1 aromatic carbocycles. The van der Waals surface area contributed by atoms with Crippen LogP contribution in [0.5, 0.6) is 0 Å². The molecule has 0 fully saturated rings. The fourth-order valence-electron chi connectivity index (χ4n) is 2.24. The number of imidazole rings is 1. The number of nitrogens with zero attached hydrogens (tertiary/aromatic N) is 6. The molecule has 3 rings (SSSR count). The summed E-state index contributed by atoms with van der Waals surface area (Å²) in [6, 6.07) is 10.6. The van der Waals surface area contributed by atoms with Gasteiger partial charge in [-0.3, -0.25) is 10.1 Å². The van der Waals surface area contributed by atoms with E-state index in [4.69, 9.17) is 22.1 Å². The molecule has 10 heteroatoms. The van der Waals surface area contributed by atoms with Crippen molar-refractivity contribution < 1.29 is 4.79 Å². The first-order valence-electron chi connectivity index (χ1n) is 7.49. The Morgan fingerprint density at radius 3 is 2.69 bits per heavy atom. The number of benzene rings is 1. The highest BCUT2D eigenvalue weighted by atomic mass is 35.5. The summed E-state index contributed by atoms with van der Waals surface area (Å²) in [7, 11) is 0. The zero-order valence-electron chi connectivity index (χ0n) is 13.5. The molecular weight excluding hydrogens is 356 g/mol. The van der Waals surface area contributed by atoms with Gasteiger partial charge in [-0.15, -0.1) is 5.10 Å². The number of rotatable bonds is 4. The first kappa shape index (κ1) is 17.1. The Balaban J connectivity index is 1.92. The summed E-state index contributed by atoms with van der Waals surface area (Å²) in [6.45, 7) is 1.88. The van der Waals surface area contributed by atoms with Crippen molar-refractivity contribution in [2.75, 3.05) is 5.32 Å². The van der Waals surface area contributed by atoms with Gasteiger partial charge in [0, 0.05) is 6.42 Å². The van der Waals surface area contributed by atoms with Crippen LogP contribution in [-0.4, -0.2) is 30.6 Å². The molecule has 1 amide bonds. The van der Waals surface area contributed by atoms with Crippen molar-refractivity contribution in [3.63, 3.8) is 0 Å². The molecule has 0 aliphatic heterocycles. The van der Waals surface area contributed by atoms with Gasteiger partial charge in [-0.05, 0) is 12.1 Å². The number of aromatic amines is 1. The Morgan fingerprint density at radius 1 is 1.31 bits per heavy atom. The Labute approximate surface area is 152 Å². The van der Waals surface area contributed by atoms with Crippen LogP contribution in [0.4, 0.5) is 5.95 Å². The van der Waals surface area contributed by atoms with Crippen molar-refractivity contribution in [3.05, 3.63) is 52.3 Å². The number of para-hydroxylation sites is 1. The SMILES string of the molecule is CCc1nc(C(=O)Nc2nc(C#N)c(C#N)[nH]2)nn1-c1ccccc1Cl. The monoisotopic (exact) mass is 366 g/mol. The topological polar surface area (TPSA) is 136 Å². The summed E-state index contributed by atoms with van der Waals surface area (Å²) in [6.07, 6.45) is 0.531. The van der Waals surface area contributed by atoms with Gasteiger partial charge in [0.2, 0.25) is 11.8 Å². The van der Waals surface area contributed by atoms with Crippen LogP contribution in [0.2, 0.25) is 5.02 Å². The summed E-state index contributed by atoms with van der Waals surface area (Å²) < 4.78 is 1.50. The zero-order chi connectivity index (χ0) is 18.7. The fourth-order valence-corrected chi connectivity index (χ4v) is 2.46. The van der Waals surface area contributed by atoms with Crippen LogP contribution in [0.25, 0.3) is 5.69 Å². The number of nitriles is 2. The number of nitrogens with one attached hydrogen (secondary N) is 2. The third kappa shape index (κ3) is 3.11. The number of amides is 1. The summed E-state index contributed by atoms with van der Waals surface area (Å²) in [4.78, 5) is 23.0. The standard InChI is InChI=1S/C16H11ClN8O/c1-2-13-22-14(24-25(13)12-6-4-3-5-9(12)17)15(26)23-16-20-10(7-18)11(8-19)21-16/h3-6H,2H2,1H3,(H2,20,21,23,26). The summed E-state index contributed by atoms with van der Waals surface area (Å²) in [5.41, 5.74) is 0.465. The van der Waals surface area contributed by atoms with Gasteiger partial charge < -0.3 is 4.98 Å². The average Bonchev–Trinajstić information content (AvgIpc) is 3.25. The van der Waals surface area contributed by atoms with Gasteiger partial charge in [0.05, 0.1) is 10.7 Å². The van der Waals surface area contributed by atoms with Crippen molar-refractivity contribution in [2.45, 2.75) is 13.3 Å². The third-order valence-electron chi connectivity index (χ3n) is 3.43. The maximum absolute atomic E-state index is 12.4. The minimum absolute atomic E-state index is 0.0322. The Morgan fingerprint density at radius 2 is 2.08 bits per heavy atom. The van der Waals surface area contributed by atoms with Crippen LogP contribution < -0.4 is 5.32 Å². The van der Waals surface area contributed by atoms with Crippen LogP contribution in [0.3, 0.4) is 0 Å². The number of aromatic nitrogens is 5. The molecule has 0 atom stereocenters. The van der Waals surface area contributed by atoms with Gasteiger partial charge in [0.15, 0.2) is 11.4 Å². The van der Waals surface area contributed by atoms with Crippen molar-refractivity contribution in [1.29, 1.82) is 10.5 Å². The Hall–Kier alpha value is -3.69. The molecule has 0 saturated heterocycles. The quantitative estimate of drug-likeness (QED) is 0.726.